The Bertz CT molecular complexity index is 1050. The molecule has 30 heavy (non-hydrogen) atoms. The first-order valence-corrected chi connectivity index (χ1v) is 10.8. The first-order chi connectivity index (χ1) is 13.9. The Kier molecular flexibility index (Phi) is 7.00. The van der Waals surface area contributed by atoms with Crippen molar-refractivity contribution < 1.29 is 22.7 Å². The Morgan fingerprint density at radius 2 is 1.83 bits per heavy atom. The van der Waals surface area contributed by atoms with Crippen molar-refractivity contribution in [2.24, 2.45) is 0 Å². The summed E-state index contributed by atoms with van der Waals surface area (Å²) in [5.41, 5.74) is -0.138. The molecule has 2 rings (SSSR count). The van der Waals surface area contributed by atoms with Crippen LogP contribution in [0.15, 0.2) is 30.3 Å². The number of rotatable bonds is 6. The van der Waals surface area contributed by atoms with Gasteiger partial charge in [-0.05, 0) is 38.5 Å². The van der Waals surface area contributed by atoms with Crippen LogP contribution in [-0.4, -0.2) is 41.4 Å². The predicted molar refractivity (Wildman–Crippen MR) is 109 cm³/mol. The Hall–Kier alpha value is -3.19. The zero-order valence-corrected chi connectivity index (χ0v) is 18.4. The molecule has 1 aromatic carbocycles. The Morgan fingerprint density at radius 1 is 1.20 bits per heavy atom. The molecule has 1 heterocycles. The molecule has 160 valence electrons. The van der Waals surface area contributed by atoms with Crippen molar-refractivity contribution in [2.45, 2.75) is 45.5 Å². The number of aromatic nitrogens is 2. The van der Waals surface area contributed by atoms with E-state index >= 15 is 0 Å². The fourth-order valence-electron chi connectivity index (χ4n) is 2.26. The van der Waals surface area contributed by atoms with Crippen molar-refractivity contribution in [3.8, 4) is 17.7 Å². The number of ether oxygens (including phenoxy) is 2. The van der Waals surface area contributed by atoms with Gasteiger partial charge in [-0.15, -0.1) is 0 Å². The predicted octanol–water partition coefficient (Wildman–Crippen LogP) is 3.40. The molecular formula is C20H24N4O5S. The van der Waals surface area contributed by atoms with Gasteiger partial charge in [0.15, 0.2) is 0 Å². The summed E-state index contributed by atoms with van der Waals surface area (Å²) >= 11 is 0. The fraction of sp³-hybridized carbons (Fsp3) is 0.400. The minimum Gasteiger partial charge on any atom is -0.443 e. The summed E-state index contributed by atoms with van der Waals surface area (Å²) in [4.78, 5) is 20.3. The standard InChI is InChI=1S/C20H24N4O5S/c1-6-17-22-15(12-21)11-18(23-17)28-16-9-7-14(8-10-16)13-30(26,27)24(5)19(25)29-20(2,3)4/h7-11H,6,13H2,1-5H3. The van der Waals surface area contributed by atoms with E-state index in [0.29, 0.717) is 27.9 Å². The normalized spacial score (nSPS) is 11.5. The van der Waals surface area contributed by atoms with Crippen LogP contribution < -0.4 is 4.74 Å². The summed E-state index contributed by atoms with van der Waals surface area (Å²) < 4.78 is 36.3. The van der Waals surface area contributed by atoms with Gasteiger partial charge in [0.05, 0.1) is 5.75 Å². The van der Waals surface area contributed by atoms with E-state index in [1.807, 2.05) is 13.0 Å². The molecule has 0 aliphatic heterocycles. The molecule has 1 aromatic heterocycles. The number of carbonyl (C=O) groups excluding carboxylic acids is 1. The number of sulfonamides is 1. The number of hydrogen-bond donors (Lipinski definition) is 0. The highest BCUT2D eigenvalue weighted by atomic mass is 32.2. The van der Waals surface area contributed by atoms with E-state index in [2.05, 4.69) is 9.97 Å². The molecule has 10 heteroatoms. The van der Waals surface area contributed by atoms with Gasteiger partial charge in [-0.1, -0.05) is 19.1 Å². The molecule has 0 atom stereocenters. The second-order valence-corrected chi connectivity index (χ2v) is 9.42. The van der Waals surface area contributed by atoms with Crippen molar-refractivity contribution in [3.05, 3.63) is 47.4 Å². The lowest BCUT2D eigenvalue weighted by molar-refractivity contribution is 0.0420. The van der Waals surface area contributed by atoms with Gasteiger partial charge in [0.1, 0.15) is 28.9 Å². The summed E-state index contributed by atoms with van der Waals surface area (Å²) in [7, 11) is -2.75. The molecule has 0 saturated carbocycles. The van der Waals surface area contributed by atoms with E-state index in [4.69, 9.17) is 14.7 Å². The number of benzene rings is 1. The van der Waals surface area contributed by atoms with Crippen molar-refractivity contribution >= 4 is 16.1 Å². The maximum Gasteiger partial charge on any atom is 0.423 e. The van der Waals surface area contributed by atoms with Crippen LogP contribution in [0.2, 0.25) is 0 Å². The number of aryl methyl sites for hydroxylation is 1. The van der Waals surface area contributed by atoms with Gasteiger partial charge < -0.3 is 9.47 Å². The van der Waals surface area contributed by atoms with E-state index in [0.717, 1.165) is 7.05 Å². The van der Waals surface area contributed by atoms with E-state index in [9.17, 15) is 13.2 Å². The average molecular weight is 433 g/mol. The second kappa shape index (κ2) is 9.09. The maximum atomic E-state index is 12.5. The van der Waals surface area contributed by atoms with Gasteiger partial charge in [-0.25, -0.2) is 22.5 Å². The number of nitrogens with zero attached hydrogens (tertiary/aromatic N) is 4. The quantitative estimate of drug-likeness (QED) is 0.680. The van der Waals surface area contributed by atoms with Crippen molar-refractivity contribution in [3.63, 3.8) is 0 Å². The van der Waals surface area contributed by atoms with E-state index in [-0.39, 0.29) is 17.3 Å². The van der Waals surface area contributed by atoms with Gasteiger partial charge in [-0.2, -0.15) is 10.2 Å². The number of amides is 1. The number of carbonyl (C=O) groups is 1. The van der Waals surface area contributed by atoms with E-state index in [1.54, 1.807) is 45.0 Å². The van der Waals surface area contributed by atoms with Crippen LogP contribution in [0.25, 0.3) is 0 Å². The first-order valence-electron chi connectivity index (χ1n) is 9.18. The maximum absolute atomic E-state index is 12.5. The van der Waals surface area contributed by atoms with Gasteiger partial charge in [-0.3, -0.25) is 0 Å². The summed E-state index contributed by atoms with van der Waals surface area (Å²) in [6.45, 7) is 6.84. The Labute approximate surface area is 176 Å². The summed E-state index contributed by atoms with van der Waals surface area (Å²) in [5.74, 6) is 0.747. The monoisotopic (exact) mass is 432 g/mol. The molecule has 0 spiro atoms. The highest BCUT2D eigenvalue weighted by molar-refractivity contribution is 7.88. The molecule has 0 bridgehead atoms. The molecule has 0 aliphatic carbocycles. The van der Waals surface area contributed by atoms with Gasteiger partial charge in [0.25, 0.3) is 0 Å². The molecule has 9 nitrogen and oxygen atoms in total. The zero-order chi connectivity index (χ0) is 22.5. The molecule has 2 aromatic rings. The summed E-state index contributed by atoms with van der Waals surface area (Å²) in [5, 5.41) is 9.05. The lowest BCUT2D eigenvalue weighted by Crippen LogP contribution is -2.38. The highest BCUT2D eigenvalue weighted by Crippen LogP contribution is 2.22. The molecule has 1 amide bonds. The third-order valence-corrected chi connectivity index (χ3v) is 5.42. The van der Waals surface area contributed by atoms with Crippen LogP contribution in [0.5, 0.6) is 11.6 Å². The van der Waals surface area contributed by atoms with Crippen molar-refractivity contribution in [1.82, 2.24) is 14.3 Å². The van der Waals surface area contributed by atoms with Crippen LogP contribution in [0.1, 0.15) is 44.8 Å². The summed E-state index contributed by atoms with van der Waals surface area (Å²) in [6.07, 6.45) is -0.389. The van der Waals surface area contributed by atoms with Crippen LogP contribution in [0, 0.1) is 11.3 Å². The first kappa shape index (κ1) is 23.1. The van der Waals surface area contributed by atoms with Crippen LogP contribution in [-0.2, 0) is 26.9 Å². The average Bonchev–Trinajstić information content (AvgIpc) is 2.67. The van der Waals surface area contributed by atoms with Gasteiger partial charge in [0, 0.05) is 19.5 Å². The molecule has 0 N–H and O–H groups in total. The largest absolute Gasteiger partial charge is 0.443 e. The van der Waals surface area contributed by atoms with Gasteiger partial charge >= 0.3 is 6.09 Å². The Morgan fingerprint density at radius 3 is 2.37 bits per heavy atom. The highest BCUT2D eigenvalue weighted by Gasteiger charge is 2.28. The van der Waals surface area contributed by atoms with E-state index < -0.39 is 21.7 Å². The van der Waals surface area contributed by atoms with Crippen LogP contribution >= 0.6 is 0 Å². The number of nitriles is 1. The lowest BCUT2D eigenvalue weighted by Gasteiger charge is -2.24. The van der Waals surface area contributed by atoms with Crippen LogP contribution in [0.3, 0.4) is 0 Å². The number of hydrogen-bond acceptors (Lipinski definition) is 8. The minimum absolute atomic E-state index is 0.199. The molecule has 0 fully saturated rings. The SMILES string of the molecule is CCc1nc(C#N)cc(Oc2ccc(CS(=O)(=O)N(C)C(=O)OC(C)(C)C)cc2)n1. The third-order valence-electron chi connectivity index (χ3n) is 3.74. The van der Waals surface area contributed by atoms with Crippen molar-refractivity contribution in [2.75, 3.05) is 7.05 Å². The molecule has 0 aliphatic rings. The Balaban J connectivity index is 2.11. The zero-order valence-electron chi connectivity index (χ0n) is 17.5. The molecular weight excluding hydrogens is 408 g/mol. The molecule has 0 saturated heterocycles. The van der Waals surface area contributed by atoms with Crippen molar-refractivity contribution in [1.29, 1.82) is 5.26 Å². The van der Waals surface area contributed by atoms with Crippen LogP contribution in [0.4, 0.5) is 4.79 Å². The molecule has 0 unspecified atom stereocenters. The third kappa shape index (κ3) is 6.42. The topological polar surface area (TPSA) is 122 Å². The second-order valence-electron chi connectivity index (χ2n) is 7.42. The summed E-state index contributed by atoms with van der Waals surface area (Å²) in [6, 6.07) is 9.69. The minimum atomic E-state index is -3.91. The lowest BCUT2D eigenvalue weighted by atomic mass is 10.2. The fourth-order valence-corrected chi connectivity index (χ4v) is 3.33. The molecule has 0 radical (unpaired) electrons. The smallest absolute Gasteiger partial charge is 0.423 e. The van der Waals surface area contributed by atoms with Gasteiger partial charge in [0.2, 0.25) is 15.9 Å². The van der Waals surface area contributed by atoms with E-state index in [1.165, 1.54) is 6.07 Å².